The van der Waals surface area contributed by atoms with Gasteiger partial charge in [0.1, 0.15) is 0 Å². The van der Waals surface area contributed by atoms with E-state index < -0.39 is 12.1 Å². The van der Waals surface area contributed by atoms with E-state index in [4.69, 9.17) is 4.74 Å². The monoisotopic (exact) mass is 1050 g/mol. The van der Waals surface area contributed by atoms with Crippen molar-refractivity contribution in [3.8, 4) is 0 Å². The first-order valence-electron chi connectivity index (χ1n) is 34.3. The quantitative estimate of drug-likeness (QED) is 0.0417. The van der Waals surface area contributed by atoms with Crippen LogP contribution >= 0.6 is 0 Å². The van der Waals surface area contributed by atoms with Crippen LogP contribution in [0.4, 0.5) is 0 Å². The number of hydrogen-bond acceptors (Lipinski definition) is 5. The third kappa shape index (κ3) is 60.1. The Morgan fingerprint density at radius 3 is 0.824 bits per heavy atom. The van der Waals surface area contributed by atoms with Crippen LogP contribution in [0.2, 0.25) is 0 Å². The minimum atomic E-state index is -0.665. The molecule has 0 saturated heterocycles. The number of carbonyl (C=O) groups excluding carboxylic acids is 2. The molecule has 0 heterocycles. The lowest BCUT2D eigenvalue weighted by molar-refractivity contribution is -0.143. The number of aliphatic hydroxyl groups is 2. The van der Waals surface area contributed by atoms with E-state index in [0.29, 0.717) is 25.9 Å². The van der Waals surface area contributed by atoms with Crippen LogP contribution in [0.25, 0.3) is 0 Å². The molecule has 0 bridgehead atoms. The van der Waals surface area contributed by atoms with Crippen molar-refractivity contribution in [3.05, 3.63) is 0 Å². The molecule has 1 amide bonds. The molecule has 0 rings (SSSR count). The minimum absolute atomic E-state index is 0.0164. The molecule has 2 unspecified atom stereocenters. The Bertz CT molecular complexity index is 1070. The van der Waals surface area contributed by atoms with Crippen LogP contribution in [-0.2, 0) is 14.3 Å². The van der Waals surface area contributed by atoms with E-state index in [1.807, 2.05) is 0 Å². The number of carbonyl (C=O) groups is 2. The van der Waals surface area contributed by atoms with Gasteiger partial charge in [-0.25, -0.2) is 0 Å². The molecule has 0 spiro atoms. The molecule has 6 heteroatoms. The highest BCUT2D eigenvalue weighted by atomic mass is 16.5. The van der Waals surface area contributed by atoms with E-state index >= 15 is 0 Å². The highest BCUT2D eigenvalue weighted by molar-refractivity contribution is 5.76. The summed E-state index contributed by atoms with van der Waals surface area (Å²) >= 11 is 0. The second-order valence-corrected chi connectivity index (χ2v) is 23.9. The Labute approximate surface area is 464 Å². The number of nitrogens with one attached hydrogen (secondary N) is 1. The van der Waals surface area contributed by atoms with Crippen LogP contribution in [0, 0.1) is 0 Å². The van der Waals surface area contributed by atoms with Gasteiger partial charge in [-0.2, -0.15) is 0 Å². The molecule has 0 aliphatic rings. The van der Waals surface area contributed by atoms with Crippen molar-refractivity contribution < 1.29 is 24.5 Å². The normalized spacial score (nSPS) is 12.4. The van der Waals surface area contributed by atoms with E-state index in [0.717, 1.165) is 38.5 Å². The number of ether oxygens (including phenoxy) is 1. The average molecular weight is 1050 g/mol. The standard InChI is InChI=1S/C68H135NO5/c1-3-5-7-9-11-13-15-17-19-20-21-23-26-29-33-36-40-44-48-52-56-60-66(71)65(64-70)69-67(72)61-57-53-49-45-41-37-34-30-27-24-22-25-28-31-35-39-43-47-51-55-59-63-74-68(73)62-58-54-50-46-42-38-32-18-16-14-12-10-8-6-4-2/h65-66,70-71H,3-64H2,1-2H3,(H,69,72). The van der Waals surface area contributed by atoms with Crippen molar-refractivity contribution >= 4 is 11.9 Å². The topological polar surface area (TPSA) is 95.9 Å². The van der Waals surface area contributed by atoms with Crippen molar-refractivity contribution in [1.82, 2.24) is 5.32 Å². The van der Waals surface area contributed by atoms with E-state index in [1.54, 1.807) is 0 Å². The summed E-state index contributed by atoms with van der Waals surface area (Å²) in [5.41, 5.74) is 0. The fraction of sp³-hybridized carbons (Fsp3) is 0.971. The molecular formula is C68H135NO5. The SMILES string of the molecule is CCCCCCCCCCCCCCCCCCCCCCCC(O)C(CO)NC(=O)CCCCCCCCCCCCCCCCCCCCCCCOC(=O)CCCCCCCCCCCCCCCCC. The summed E-state index contributed by atoms with van der Waals surface area (Å²) in [6.45, 7) is 5.00. The Hall–Kier alpha value is -1.14. The minimum Gasteiger partial charge on any atom is -0.466 e. The van der Waals surface area contributed by atoms with Crippen LogP contribution in [0.5, 0.6) is 0 Å². The Morgan fingerprint density at radius 1 is 0.324 bits per heavy atom. The van der Waals surface area contributed by atoms with Gasteiger partial charge in [0, 0.05) is 12.8 Å². The van der Waals surface area contributed by atoms with Crippen LogP contribution < -0.4 is 5.32 Å². The number of esters is 1. The lowest BCUT2D eigenvalue weighted by Crippen LogP contribution is -2.45. The molecule has 0 aliphatic heterocycles. The van der Waals surface area contributed by atoms with Crippen LogP contribution in [0.1, 0.15) is 399 Å². The number of unbranched alkanes of at least 4 members (excludes halogenated alkanes) is 54. The van der Waals surface area contributed by atoms with Crippen LogP contribution in [0.15, 0.2) is 0 Å². The molecule has 74 heavy (non-hydrogen) atoms. The Kier molecular flexibility index (Phi) is 63.4. The molecule has 0 aromatic carbocycles. The molecule has 0 aromatic rings. The lowest BCUT2D eigenvalue weighted by Gasteiger charge is -2.22. The second-order valence-electron chi connectivity index (χ2n) is 23.9. The lowest BCUT2D eigenvalue weighted by atomic mass is 10.0. The predicted octanol–water partition coefficient (Wildman–Crippen LogP) is 21.8. The highest BCUT2D eigenvalue weighted by Crippen LogP contribution is 2.19. The smallest absolute Gasteiger partial charge is 0.305 e. The molecule has 3 N–H and O–H groups in total. The molecular weight excluding hydrogens is 911 g/mol. The molecule has 2 atom stereocenters. The van der Waals surface area contributed by atoms with Gasteiger partial charge >= 0.3 is 5.97 Å². The van der Waals surface area contributed by atoms with Gasteiger partial charge in [-0.1, -0.05) is 361 Å². The average Bonchev–Trinajstić information content (AvgIpc) is 3.40. The molecule has 0 radical (unpaired) electrons. The molecule has 0 fully saturated rings. The third-order valence-electron chi connectivity index (χ3n) is 16.4. The fourth-order valence-corrected chi connectivity index (χ4v) is 11.2. The maximum atomic E-state index is 12.5. The Morgan fingerprint density at radius 2 is 0.554 bits per heavy atom. The first kappa shape index (κ1) is 72.9. The van der Waals surface area contributed by atoms with Crippen molar-refractivity contribution in [2.24, 2.45) is 0 Å². The van der Waals surface area contributed by atoms with Gasteiger partial charge in [0.15, 0.2) is 0 Å². The summed E-state index contributed by atoms with van der Waals surface area (Å²) in [6, 6.07) is -0.542. The van der Waals surface area contributed by atoms with Gasteiger partial charge in [0.2, 0.25) is 5.91 Å². The third-order valence-corrected chi connectivity index (χ3v) is 16.4. The summed E-state index contributed by atoms with van der Waals surface area (Å²) in [5, 5.41) is 23.4. The maximum absolute atomic E-state index is 12.5. The zero-order chi connectivity index (χ0) is 53.6. The molecule has 0 aromatic heterocycles. The van der Waals surface area contributed by atoms with Gasteiger partial charge in [-0.3, -0.25) is 9.59 Å². The largest absolute Gasteiger partial charge is 0.466 e. The van der Waals surface area contributed by atoms with Crippen LogP contribution in [-0.4, -0.2) is 47.4 Å². The van der Waals surface area contributed by atoms with Crippen molar-refractivity contribution in [2.75, 3.05) is 13.2 Å². The highest BCUT2D eigenvalue weighted by Gasteiger charge is 2.20. The molecule has 6 nitrogen and oxygen atoms in total. The van der Waals surface area contributed by atoms with E-state index in [1.165, 1.54) is 327 Å². The van der Waals surface area contributed by atoms with Crippen molar-refractivity contribution in [2.45, 2.75) is 411 Å². The summed E-state index contributed by atoms with van der Waals surface area (Å²) in [6.07, 6.45) is 77.0. The van der Waals surface area contributed by atoms with E-state index in [2.05, 4.69) is 19.2 Å². The molecule has 442 valence electrons. The van der Waals surface area contributed by atoms with Gasteiger partial charge in [0.05, 0.1) is 25.4 Å². The summed E-state index contributed by atoms with van der Waals surface area (Å²) < 4.78 is 5.50. The van der Waals surface area contributed by atoms with Gasteiger partial charge in [-0.15, -0.1) is 0 Å². The zero-order valence-corrected chi connectivity index (χ0v) is 50.6. The van der Waals surface area contributed by atoms with Gasteiger partial charge in [0.25, 0.3) is 0 Å². The summed E-state index contributed by atoms with van der Waals surface area (Å²) in [5.74, 6) is -0.0142. The van der Waals surface area contributed by atoms with E-state index in [-0.39, 0.29) is 18.5 Å². The maximum Gasteiger partial charge on any atom is 0.305 e. The first-order chi connectivity index (χ1) is 36.5. The number of hydrogen-bond donors (Lipinski definition) is 3. The first-order valence-corrected chi connectivity index (χ1v) is 34.3. The predicted molar refractivity (Wildman–Crippen MR) is 324 cm³/mol. The van der Waals surface area contributed by atoms with Gasteiger partial charge < -0.3 is 20.3 Å². The number of rotatable bonds is 65. The second kappa shape index (κ2) is 64.4. The summed E-state index contributed by atoms with van der Waals surface area (Å²) in [7, 11) is 0. The van der Waals surface area contributed by atoms with E-state index in [9.17, 15) is 19.8 Å². The van der Waals surface area contributed by atoms with Gasteiger partial charge in [-0.05, 0) is 25.7 Å². The molecule has 0 saturated carbocycles. The number of aliphatic hydroxyl groups excluding tert-OH is 2. The zero-order valence-electron chi connectivity index (χ0n) is 50.6. The fourth-order valence-electron chi connectivity index (χ4n) is 11.2. The van der Waals surface area contributed by atoms with Crippen molar-refractivity contribution in [1.29, 1.82) is 0 Å². The molecule has 0 aliphatic carbocycles. The summed E-state index contributed by atoms with van der Waals surface area (Å²) in [4.78, 5) is 24.6. The van der Waals surface area contributed by atoms with Crippen LogP contribution in [0.3, 0.4) is 0 Å². The Balaban J connectivity index is 3.37. The number of amides is 1. The van der Waals surface area contributed by atoms with Crippen molar-refractivity contribution in [3.63, 3.8) is 0 Å².